The van der Waals surface area contributed by atoms with Crippen LogP contribution in [0.5, 0.6) is 0 Å². The van der Waals surface area contributed by atoms with E-state index in [1.165, 1.54) is 31.0 Å². The maximum atomic E-state index is 12.9. The Bertz CT molecular complexity index is 429. The molecule has 2 rings (SSSR count). The molecule has 3 nitrogen and oxygen atoms in total. The predicted molar refractivity (Wildman–Crippen MR) is 65.0 cm³/mol. The van der Waals surface area contributed by atoms with Crippen molar-refractivity contribution >= 4 is 11.6 Å². The third-order valence-corrected chi connectivity index (χ3v) is 3.27. The summed E-state index contributed by atoms with van der Waals surface area (Å²) < 4.78 is 12.9. The zero-order valence-electron chi connectivity index (χ0n) is 9.87. The number of nitrogen functional groups attached to an aromatic ring is 1. The predicted octanol–water partition coefficient (Wildman–Crippen LogP) is 2.18. The summed E-state index contributed by atoms with van der Waals surface area (Å²) in [4.78, 5) is 11.8. The average molecular weight is 236 g/mol. The molecule has 0 aliphatic heterocycles. The van der Waals surface area contributed by atoms with Crippen LogP contribution in [0.25, 0.3) is 0 Å². The molecule has 0 bridgehead atoms. The molecule has 1 atom stereocenters. The monoisotopic (exact) mass is 236 g/mol. The highest BCUT2D eigenvalue weighted by atomic mass is 19.1. The molecule has 1 aromatic rings. The molecule has 1 fully saturated rings. The molecule has 17 heavy (non-hydrogen) atoms. The summed E-state index contributed by atoms with van der Waals surface area (Å²) >= 11 is 0. The maximum absolute atomic E-state index is 12.9. The van der Waals surface area contributed by atoms with Crippen LogP contribution >= 0.6 is 0 Å². The van der Waals surface area contributed by atoms with Crippen LogP contribution < -0.4 is 11.1 Å². The molecule has 4 heteroatoms. The molecule has 3 N–H and O–H groups in total. The smallest absolute Gasteiger partial charge is 0.251 e. The summed E-state index contributed by atoms with van der Waals surface area (Å²) in [6, 6.07) is 4.03. The largest absolute Gasteiger partial charge is 0.396 e. The number of carbonyl (C=O) groups is 1. The lowest BCUT2D eigenvalue weighted by molar-refractivity contribution is 0.0946. The van der Waals surface area contributed by atoms with E-state index in [1.54, 1.807) is 0 Å². The quantitative estimate of drug-likeness (QED) is 0.787. The molecule has 92 valence electrons. The van der Waals surface area contributed by atoms with E-state index >= 15 is 0 Å². The van der Waals surface area contributed by atoms with Gasteiger partial charge in [-0.15, -0.1) is 0 Å². The Morgan fingerprint density at radius 2 is 2.29 bits per heavy atom. The fourth-order valence-corrected chi connectivity index (χ4v) is 1.87. The van der Waals surface area contributed by atoms with Crippen LogP contribution in [0.3, 0.4) is 0 Å². The van der Waals surface area contributed by atoms with Crippen molar-refractivity contribution in [2.75, 3.05) is 12.3 Å². The van der Waals surface area contributed by atoms with Gasteiger partial charge in [0.05, 0.1) is 5.69 Å². The second-order valence-corrected chi connectivity index (χ2v) is 4.76. The average Bonchev–Trinajstić information content (AvgIpc) is 3.13. The Hall–Kier alpha value is -1.58. The van der Waals surface area contributed by atoms with Crippen molar-refractivity contribution in [3.05, 3.63) is 29.6 Å². The number of rotatable bonds is 4. The zero-order valence-corrected chi connectivity index (χ0v) is 9.87. The first-order valence-corrected chi connectivity index (χ1v) is 5.91. The fraction of sp³-hybridized carbons (Fsp3) is 0.462. The van der Waals surface area contributed by atoms with Gasteiger partial charge in [-0.2, -0.15) is 0 Å². The standard InChI is InChI=1S/C13H17FN2O/c1-8(9-2-3-9)7-16-13(17)10-4-5-11(14)12(15)6-10/h4-6,8-9H,2-3,7,15H2,1H3,(H,16,17). The van der Waals surface area contributed by atoms with Gasteiger partial charge in [-0.3, -0.25) is 4.79 Å². The Morgan fingerprint density at radius 3 is 2.88 bits per heavy atom. The van der Waals surface area contributed by atoms with Gasteiger partial charge in [0.25, 0.3) is 5.91 Å². The Kier molecular flexibility index (Phi) is 3.31. The lowest BCUT2D eigenvalue weighted by atomic mass is 10.1. The van der Waals surface area contributed by atoms with Crippen LogP contribution in [-0.2, 0) is 0 Å². The van der Waals surface area contributed by atoms with E-state index in [0.29, 0.717) is 18.0 Å². The van der Waals surface area contributed by atoms with E-state index in [9.17, 15) is 9.18 Å². The number of carbonyl (C=O) groups excluding carboxylic acids is 1. The highest BCUT2D eigenvalue weighted by Crippen LogP contribution is 2.36. The molecule has 1 aromatic carbocycles. The van der Waals surface area contributed by atoms with Gasteiger partial charge in [0.2, 0.25) is 0 Å². The number of anilines is 1. The van der Waals surface area contributed by atoms with E-state index in [-0.39, 0.29) is 11.6 Å². The van der Waals surface area contributed by atoms with Crippen LogP contribution in [0.4, 0.5) is 10.1 Å². The third-order valence-electron chi connectivity index (χ3n) is 3.27. The Balaban J connectivity index is 1.92. The first-order valence-electron chi connectivity index (χ1n) is 5.91. The normalized spacial score (nSPS) is 16.6. The number of nitrogens with one attached hydrogen (secondary N) is 1. The summed E-state index contributed by atoms with van der Waals surface area (Å²) in [5.41, 5.74) is 5.83. The van der Waals surface area contributed by atoms with Gasteiger partial charge in [-0.25, -0.2) is 4.39 Å². The number of hydrogen-bond donors (Lipinski definition) is 2. The molecule has 0 heterocycles. The SMILES string of the molecule is CC(CNC(=O)c1ccc(F)c(N)c1)C1CC1. The second kappa shape index (κ2) is 4.73. The summed E-state index contributed by atoms with van der Waals surface area (Å²) in [7, 11) is 0. The molecule has 0 saturated heterocycles. The van der Waals surface area contributed by atoms with Gasteiger partial charge in [0.1, 0.15) is 5.82 Å². The molecular weight excluding hydrogens is 219 g/mol. The van der Waals surface area contributed by atoms with E-state index in [4.69, 9.17) is 5.73 Å². The molecule has 1 aliphatic rings. The lowest BCUT2D eigenvalue weighted by Crippen LogP contribution is -2.29. The topological polar surface area (TPSA) is 55.1 Å². The van der Waals surface area contributed by atoms with Crippen molar-refractivity contribution in [2.45, 2.75) is 19.8 Å². The van der Waals surface area contributed by atoms with Crippen molar-refractivity contribution < 1.29 is 9.18 Å². The maximum Gasteiger partial charge on any atom is 0.251 e. The number of hydrogen-bond acceptors (Lipinski definition) is 2. The van der Waals surface area contributed by atoms with Gasteiger partial charge in [-0.05, 0) is 42.9 Å². The van der Waals surface area contributed by atoms with E-state index < -0.39 is 5.82 Å². The van der Waals surface area contributed by atoms with E-state index in [0.717, 1.165) is 5.92 Å². The minimum Gasteiger partial charge on any atom is -0.396 e. The lowest BCUT2D eigenvalue weighted by Gasteiger charge is -2.11. The number of amides is 1. The third kappa shape index (κ3) is 2.96. The van der Waals surface area contributed by atoms with Crippen LogP contribution in [0, 0.1) is 17.7 Å². The van der Waals surface area contributed by atoms with Crippen molar-refractivity contribution in [3.63, 3.8) is 0 Å². The number of nitrogens with two attached hydrogens (primary N) is 1. The first kappa shape index (κ1) is 11.9. The van der Waals surface area contributed by atoms with Gasteiger partial charge in [0.15, 0.2) is 0 Å². The minimum atomic E-state index is -0.493. The number of halogens is 1. The molecule has 1 aliphatic carbocycles. The van der Waals surface area contributed by atoms with Crippen LogP contribution in [0.15, 0.2) is 18.2 Å². The highest BCUT2D eigenvalue weighted by Gasteiger charge is 2.27. The molecular formula is C13H17FN2O. The second-order valence-electron chi connectivity index (χ2n) is 4.76. The van der Waals surface area contributed by atoms with E-state index in [1.807, 2.05) is 0 Å². The first-order chi connectivity index (χ1) is 8.08. The molecule has 1 amide bonds. The fourth-order valence-electron chi connectivity index (χ4n) is 1.87. The van der Waals surface area contributed by atoms with Crippen molar-refractivity contribution in [1.82, 2.24) is 5.32 Å². The highest BCUT2D eigenvalue weighted by molar-refractivity contribution is 5.95. The molecule has 0 radical (unpaired) electrons. The van der Waals surface area contributed by atoms with Crippen LogP contribution in [0.2, 0.25) is 0 Å². The van der Waals surface area contributed by atoms with Crippen molar-refractivity contribution in [3.8, 4) is 0 Å². The van der Waals surface area contributed by atoms with Crippen molar-refractivity contribution in [1.29, 1.82) is 0 Å². The summed E-state index contributed by atoms with van der Waals surface area (Å²) in [5.74, 6) is 0.586. The zero-order chi connectivity index (χ0) is 12.4. The van der Waals surface area contributed by atoms with Gasteiger partial charge in [0, 0.05) is 12.1 Å². The van der Waals surface area contributed by atoms with Gasteiger partial charge >= 0.3 is 0 Å². The molecule has 0 aromatic heterocycles. The Labute approximate surface area is 100 Å². The summed E-state index contributed by atoms with van der Waals surface area (Å²) in [6.07, 6.45) is 2.53. The van der Waals surface area contributed by atoms with Gasteiger partial charge < -0.3 is 11.1 Å². The molecule has 1 saturated carbocycles. The minimum absolute atomic E-state index is 0.00731. The van der Waals surface area contributed by atoms with Crippen LogP contribution in [-0.4, -0.2) is 12.5 Å². The number of benzene rings is 1. The van der Waals surface area contributed by atoms with Gasteiger partial charge in [-0.1, -0.05) is 6.92 Å². The van der Waals surface area contributed by atoms with E-state index in [2.05, 4.69) is 12.2 Å². The molecule has 0 spiro atoms. The van der Waals surface area contributed by atoms with Crippen molar-refractivity contribution in [2.24, 2.45) is 11.8 Å². The Morgan fingerprint density at radius 1 is 1.59 bits per heavy atom. The van der Waals surface area contributed by atoms with Crippen LogP contribution in [0.1, 0.15) is 30.1 Å². The molecule has 1 unspecified atom stereocenters. The summed E-state index contributed by atoms with van der Waals surface area (Å²) in [6.45, 7) is 2.80. The summed E-state index contributed by atoms with van der Waals surface area (Å²) in [5, 5.41) is 2.85.